The molecule has 1 N–H and O–H groups in total. The zero-order valence-electron chi connectivity index (χ0n) is 18.6. The van der Waals surface area contributed by atoms with Crippen LogP contribution in [0.2, 0.25) is 0 Å². The average molecular weight is 533 g/mol. The molecule has 30 heavy (non-hydrogen) atoms. The molecule has 1 heterocycles. The van der Waals surface area contributed by atoms with E-state index < -0.39 is 0 Å². The van der Waals surface area contributed by atoms with Gasteiger partial charge in [-0.05, 0) is 30.9 Å². The quantitative estimate of drug-likeness (QED) is 0.164. The van der Waals surface area contributed by atoms with Gasteiger partial charge in [0.1, 0.15) is 0 Å². The lowest BCUT2D eigenvalue weighted by Gasteiger charge is -2.21. The minimum Gasteiger partial charge on any atom is -0.469 e. The van der Waals surface area contributed by atoms with Gasteiger partial charge in [0.2, 0.25) is 0 Å². The predicted molar refractivity (Wildman–Crippen MR) is 129 cm³/mol. The van der Waals surface area contributed by atoms with Gasteiger partial charge in [-0.25, -0.2) is 4.99 Å². The Morgan fingerprint density at radius 1 is 1.20 bits per heavy atom. The number of carbonyl (C=O) groups is 1. The second kappa shape index (κ2) is 14.6. The summed E-state index contributed by atoms with van der Waals surface area (Å²) in [5.41, 5.74) is 2.25. The summed E-state index contributed by atoms with van der Waals surface area (Å²) in [4.78, 5) is 18.9. The molecule has 0 spiro atoms. The molecular weight excluding hydrogens is 497 g/mol. The van der Waals surface area contributed by atoms with Gasteiger partial charge in [0, 0.05) is 26.2 Å². The molecule has 170 valence electrons. The summed E-state index contributed by atoms with van der Waals surface area (Å²) in [6.07, 6.45) is 0. The topological polar surface area (TPSA) is 72.4 Å². The van der Waals surface area contributed by atoms with Crippen LogP contribution < -0.4 is 5.32 Å². The van der Waals surface area contributed by atoms with Crippen molar-refractivity contribution in [2.75, 3.05) is 46.6 Å². The number of ether oxygens (including phenoxy) is 3. The van der Waals surface area contributed by atoms with Crippen molar-refractivity contribution in [3.8, 4) is 0 Å². The molecule has 1 aromatic carbocycles. The molecule has 0 amide bonds. The third kappa shape index (κ3) is 8.39. The fraction of sp³-hybridized carbons (Fsp3) is 0.636. The third-order valence-corrected chi connectivity index (χ3v) is 5.00. The van der Waals surface area contributed by atoms with E-state index in [0.29, 0.717) is 39.5 Å². The summed E-state index contributed by atoms with van der Waals surface area (Å²) in [5, 5.41) is 3.35. The number of nitrogens with one attached hydrogen (secondary N) is 1. The lowest BCUT2D eigenvalue weighted by Crippen LogP contribution is -2.40. The van der Waals surface area contributed by atoms with Crippen LogP contribution in [0.1, 0.15) is 31.9 Å². The number of guanidine groups is 1. The molecule has 1 fully saturated rings. The summed E-state index contributed by atoms with van der Waals surface area (Å²) in [6, 6.07) is 8.28. The van der Waals surface area contributed by atoms with Crippen LogP contribution in [0.15, 0.2) is 29.3 Å². The van der Waals surface area contributed by atoms with Gasteiger partial charge in [0.05, 0.1) is 39.4 Å². The van der Waals surface area contributed by atoms with E-state index in [4.69, 9.17) is 19.2 Å². The first-order valence-electron chi connectivity index (χ1n) is 10.4. The molecule has 1 aliphatic heterocycles. The standard InChI is InChI=1S/C22H35N3O4.HI/c1-5-23-22(25-14-17(3)20(15-25)21(26)27-4)24-13-18-8-7-9-19(12-18)16-29-11-10-28-6-2;/h7-9,12,17,20H,5-6,10-11,13-16H2,1-4H3,(H,23,24);1H. The Labute approximate surface area is 197 Å². The van der Waals surface area contributed by atoms with Crippen molar-refractivity contribution in [2.24, 2.45) is 16.8 Å². The number of rotatable bonds is 10. The summed E-state index contributed by atoms with van der Waals surface area (Å²) < 4.78 is 15.9. The summed E-state index contributed by atoms with van der Waals surface area (Å²) >= 11 is 0. The molecule has 1 saturated heterocycles. The molecule has 0 radical (unpaired) electrons. The minimum atomic E-state index is -0.145. The molecule has 8 heteroatoms. The van der Waals surface area contributed by atoms with Gasteiger partial charge in [0.15, 0.2) is 5.96 Å². The second-order valence-electron chi connectivity index (χ2n) is 7.25. The number of benzene rings is 1. The number of methoxy groups -OCH3 is 1. The minimum absolute atomic E-state index is 0. The van der Waals surface area contributed by atoms with E-state index >= 15 is 0 Å². The number of likely N-dealkylation sites (tertiary alicyclic amines) is 1. The van der Waals surface area contributed by atoms with Crippen LogP contribution in [-0.2, 0) is 32.2 Å². The van der Waals surface area contributed by atoms with Crippen LogP contribution in [0.4, 0.5) is 0 Å². The Balaban J connectivity index is 0.00000450. The van der Waals surface area contributed by atoms with Crippen molar-refractivity contribution in [2.45, 2.75) is 33.9 Å². The summed E-state index contributed by atoms with van der Waals surface area (Å²) in [6.45, 7) is 11.4. The van der Waals surface area contributed by atoms with E-state index in [-0.39, 0.29) is 41.8 Å². The fourth-order valence-corrected chi connectivity index (χ4v) is 3.46. The van der Waals surface area contributed by atoms with Crippen molar-refractivity contribution >= 4 is 35.9 Å². The first-order valence-corrected chi connectivity index (χ1v) is 10.4. The Kier molecular flexibility index (Phi) is 13.0. The molecule has 2 atom stereocenters. The average Bonchev–Trinajstić information content (AvgIpc) is 3.12. The Hall–Kier alpha value is -1.39. The highest BCUT2D eigenvalue weighted by atomic mass is 127. The largest absolute Gasteiger partial charge is 0.469 e. The zero-order chi connectivity index (χ0) is 21.1. The Morgan fingerprint density at radius 3 is 2.63 bits per heavy atom. The lowest BCUT2D eigenvalue weighted by atomic mass is 9.99. The molecule has 2 rings (SSSR count). The number of halogens is 1. The summed E-state index contributed by atoms with van der Waals surface area (Å²) in [5.74, 6) is 0.821. The maximum atomic E-state index is 12.0. The normalized spacial score (nSPS) is 18.8. The van der Waals surface area contributed by atoms with Gasteiger partial charge in [-0.15, -0.1) is 24.0 Å². The van der Waals surface area contributed by atoms with E-state index in [1.165, 1.54) is 7.11 Å². The number of hydrogen-bond donors (Lipinski definition) is 1. The van der Waals surface area contributed by atoms with Crippen LogP contribution in [0.25, 0.3) is 0 Å². The molecular formula is C22H36IN3O4. The number of aliphatic imine (C=N–C) groups is 1. The van der Waals surface area contributed by atoms with E-state index in [1.807, 2.05) is 19.9 Å². The second-order valence-corrected chi connectivity index (χ2v) is 7.25. The smallest absolute Gasteiger partial charge is 0.310 e. The highest BCUT2D eigenvalue weighted by molar-refractivity contribution is 14.0. The first kappa shape index (κ1) is 26.6. The van der Waals surface area contributed by atoms with Crippen molar-refractivity contribution in [1.82, 2.24) is 10.2 Å². The third-order valence-electron chi connectivity index (χ3n) is 5.00. The Bertz CT molecular complexity index is 672. The molecule has 2 unspecified atom stereocenters. The molecule has 1 aliphatic rings. The summed E-state index contributed by atoms with van der Waals surface area (Å²) in [7, 11) is 1.45. The monoisotopic (exact) mass is 533 g/mol. The molecule has 0 bridgehead atoms. The molecule has 0 aromatic heterocycles. The molecule has 0 aliphatic carbocycles. The number of carbonyl (C=O) groups excluding carboxylic acids is 1. The number of nitrogens with zero attached hydrogens (tertiary/aromatic N) is 2. The van der Waals surface area contributed by atoms with Gasteiger partial charge in [-0.2, -0.15) is 0 Å². The van der Waals surface area contributed by atoms with Gasteiger partial charge in [0.25, 0.3) is 0 Å². The maximum Gasteiger partial charge on any atom is 0.310 e. The number of esters is 1. The highest BCUT2D eigenvalue weighted by Gasteiger charge is 2.36. The van der Waals surface area contributed by atoms with Crippen molar-refractivity contribution in [3.05, 3.63) is 35.4 Å². The molecule has 0 saturated carbocycles. The van der Waals surface area contributed by atoms with Crippen molar-refractivity contribution < 1.29 is 19.0 Å². The first-order chi connectivity index (χ1) is 14.1. The maximum absolute atomic E-state index is 12.0. The van der Waals surface area contributed by atoms with E-state index in [2.05, 4.69) is 35.3 Å². The van der Waals surface area contributed by atoms with Crippen LogP contribution in [0, 0.1) is 11.8 Å². The van der Waals surface area contributed by atoms with Gasteiger partial charge in [-0.1, -0.05) is 31.2 Å². The Morgan fingerprint density at radius 2 is 1.93 bits per heavy atom. The molecule has 1 aromatic rings. The number of hydrogen-bond acceptors (Lipinski definition) is 5. The van der Waals surface area contributed by atoms with Crippen LogP contribution in [0.3, 0.4) is 0 Å². The fourth-order valence-electron chi connectivity index (χ4n) is 3.46. The van der Waals surface area contributed by atoms with Gasteiger partial charge in [-0.3, -0.25) is 4.79 Å². The SMILES string of the molecule is CCNC(=NCc1cccc(COCCOCC)c1)N1CC(C)C(C(=O)OC)C1.I. The van der Waals surface area contributed by atoms with Crippen LogP contribution >= 0.6 is 24.0 Å². The van der Waals surface area contributed by atoms with E-state index in [1.54, 1.807) is 0 Å². The van der Waals surface area contributed by atoms with Crippen molar-refractivity contribution in [3.63, 3.8) is 0 Å². The van der Waals surface area contributed by atoms with Crippen LogP contribution in [0.5, 0.6) is 0 Å². The predicted octanol–water partition coefficient (Wildman–Crippen LogP) is 3.06. The zero-order valence-corrected chi connectivity index (χ0v) is 20.9. The lowest BCUT2D eigenvalue weighted by molar-refractivity contribution is -0.145. The van der Waals surface area contributed by atoms with Crippen LogP contribution in [-0.4, -0.2) is 63.4 Å². The van der Waals surface area contributed by atoms with Crippen molar-refractivity contribution in [1.29, 1.82) is 0 Å². The van der Waals surface area contributed by atoms with Gasteiger partial charge < -0.3 is 24.4 Å². The highest BCUT2D eigenvalue weighted by Crippen LogP contribution is 2.24. The van der Waals surface area contributed by atoms with Gasteiger partial charge >= 0.3 is 5.97 Å². The van der Waals surface area contributed by atoms with E-state index in [0.717, 1.165) is 30.2 Å². The van der Waals surface area contributed by atoms with E-state index in [9.17, 15) is 4.79 Å². The molecule has 7 nitrogen and oxygen atoms in total.